The van der Waals surface area contributed by atoms with E-state index in [1.54, 1.807) is 6.07 Å². The number of sulfone groups is 1. The smallest absolute Gasteiger partial charge is 0.387 e. The van der Waals surface area contributed by atoms with Crippen molar-refractivity contribution in [1.82, 2.24) is 9.55 Å². The molecule has 0 N–H and O–H groups in total. The van der Waals surface area contributed by atoms with Gasteiger partial charge in [-0.15, -0.1) is 0 Å². The summed E-state index contributed by atoms with van der Waals surface area (Å²) in [4.78, 5) is 3.93. The van der Waals surface area contributed by atoms with Crippen molar-refractivity contribution in [2.75, 3.05) is 0 Å². The van der Waals surface area contributed by atoms with E-state index in [9.17, 15) is 21.6 Å². The van der Waals surface area contributed by atoms with Crippen LogP contribution in [-0.4, -0.2) is 24.6 Å². The van der Waals surface area contributed by atoms with Gasteiger partial charge in [-0.2, -0.15) is 8.78 Å². The predicted octanol–water partition coefficient (Wildman–Crippen LogP) is 4.15. The first-order chi connectivity index (χ1) is 12.8. The molecule has 0 fully saturated rings. The van der Waals surface area contributed by atoms with E-state index in [2.05, 4.69) is 9.72 Å². The van der Waals surface area contributed by atoms with Gasteiger partial charge >= 0.3 is 6.61 Å². The molecule has 0 aliphatic carbocycles. The van der Waals surface area contributed by atoms with Gasteiger partial charge in [0.2, 0.25) is 15.0 Å². The second-order valence-corrected chi connectivity index (χ2v) is 7.86. The van der Waals surface area contributed by atoms with Crippen LogP contribution < -0.4 is 4.74 Å². The van der Waals surface area contributed by atoms with Gasteiger partial charge in [-0.05, 0) is 42.8 Å². The molecule has 1 heterocycles. The first-order valence-electron chi connectivity index (χ1n) is 7.87. The van der Waals surface area contributed by atoms with Gasteiger partial charge in [0.25, 0.3) is 0 Å². The Bertz CT molecular complexity index is 1030. The number of alkyl halides is 2. The van der Waals surface area contributed by atoms with Crippen molar-refractivity contribution in [3.8, 4) is 11.4 Å². The third kappa shape index (κ3) is 3.97. The Hall–Kier alpha value is -2.81. The topological polar surface area (TPSA) is 61.2 Å². The maximum Gasteiger partial charge on any atom is 0.387 e. The molecular weight excluding hydrogens is 381 g/mol. The zero-order valence-corrected chi connectivity index (χ0v) is 14.9. The van der Waals surface area contributed by atoms with Crippen LogP contribution in [0, 0.1) is 5.82 Å². The van der Waals surface area contributed by atoms with E-state index in [0.29, 0.717) is 11.3 Å². The highest BCUT2D eigenvalue weighted by atomic mass is 32.2. The van der Waals surface area contributed by atoms with E-state index < -0.39 is 27.5 Å². The molecule has 2 aromatic carbocycles. The molecule has 0 saturated carbocycles. The van der Waals surface area contributed by atoms with Crippen LogP contribution in [0.5, 0.6) is 5.75 Å². The molecule has 0 radical (unpaired) electrons. The molecule has 5 nitrogen and oxygen atoms in total. The first-order valence-corrected chi connectivity index (χ1v) is 9.41. The number of hydrogen-bond donors (Lipinski definition) is 0. The summed E-state index contributed by atoms with van der Waals surface area (Å²) in [6.45, 7) is -1.50. The molecule has 3 rings (SSSR count). The summed E-state index contributed by atoms with van der Waals surface area (Å²) in [6.07, 6.45) is 2.73. The van der Waals surface area contributed by atoms with Crippen LogP contribution in [0.15, 0.2) is 66.1 Å². The third-order valence-corrected chi connectivity index (χ3v) is 6.00. The first kappa shape index (κ1) is 19.0. The van der Waals surface area contributed by atoms with Gasteiger partial charge in [-0.3, -0.25) is 4.57 Å². The standard InChI is InChI=1S/C18H15F3N2O3S/c1-12(13-5-7-16(8-6-13)26-17(20)21)27(24,25)18-22-9-10-23(18)15-4-2-3-14(19)11-15/h2-12,17H,1H3. The Morgan fingerprint density at radius 3 is 2.44 bits per heavy atom. The van der Waals surface area contributed by atoms with Gasteiger partial charge in [-0.25, -0.2) is 17.8 Å². The average molecular weight is 396 g/mol. The van der Waals surface area contributed by atoms with Crippen molar-refractivity contribution < 1.29 is 26.3 Å². The number of imidazole rings is 1. The number of hydrogen-bond acceptors (Lipinski definition) is 4. The van der Waals surface area contributed by atoms with Crippen LogP contribution in [-0.2, 0) is 9.84 Å². The zero-order chi connectivity index (χ0) is 19.6. The van der Waals surface area contributed by atoms with Crippen molar-refractivity contribution in [3.05, 3.63) is 72.3 Å². The van der Waals surface area contributed by atoms with Gasteiger partial charge in [0, 0.05) is 12.4 Å². The number of rotatable bonds is 6. The van der Waals surface area contributed by atoms with Crippen LogP contribution in [0.2, 0.25) is 0 Å². The summed E-state index contributed by atoms with van der Waals surface area (Å²) < 4.78 is 69.5. The quantitative estimate of drug-likeness (QED) is 0.628. The normalized spacial score (nSPS) is 12.9. The molecule has 0 aliphatic heterocycles. The number of ether oxygens (including phenoxy) is 1. The molecular formula is C18H15F3N2O3S. The van der Waals surface area contributed by atoms with E-state index in [1.807, 2.05) is 0 Å². The van der Waals surface area contributed by atoms with Crippen molar-refractivity contribution in [1.29, 1.82) is 0 Å². The number of halogens is 3. The van der Waals surface area contributed by atoms with E-state index in [0.717, 1.165) is 0 Å². The van der Waals surface area contributed by atoms with Crippen molar-refractivity contribution in [2.45, 2.75) is 23.9 Å². The predicted molar refractivity (Wildman–Crippen MR) is 92.2 cm³/mol. The van der Waals surface area contributed by atoms with Crippen molar-refractivity contribution >= 4 is 9.84 Å². The lowest BCUT2D eigenvalue weighted by molar-refractivity contribution is -0.0498. The molecule has 0 aliphatic rings. The van der Waals surface area contributed by atoms with E-state index in [1.165, 1.54) is 66.3 Å². The largest absolute Gasteiger partial charge is 0.435 e. The molecule has 0 bridgehead atoms. The Morgan fingerprint density at radius 2 is 1.81 bits per heavy atom. The van der Waals surface area contributed by atoms with Gasteiger partial charge in [0.1, 0.15) is 11.6 Å². The SMILES string of the molecule is CC(c1ccc(OC(F)F)cc1)S(=O)(=O)c1nccn1-c1cccc(F)c1. The van der Waals surface area contributed by atoms with Gasteiger partial charge in [0.15, 0.2) is 0 Å². The third-order valence-electron chi connectivity index (χ3n) is 3.99. The fraction of sp³-hybridized carbons (Fsp3) is 0.167. The highest BCUT2D eigenvalue weighted by Gasteiger charge is 2.29. The number of nitrogens with zero attached hydrogens (tertiary/aromatic N) is 2. The maximum absolute atomic E-state index is 13.5. The lowest BCUT2D eigenvalue weighted by Crippen LogP contribution is -2.16. The number of benzene rings is 2. The summed E-state index contributed by atoms with van der Waals surface area (Å²) in [5.41, 5.74) is 0.698. The highest BCUT2D eigenvalue weighted by Crippen LogP contribution is 2.30. The molecule has 1 atom stereocenters. The molecule has 9 heteroatoms. The molecule has 142 valence electrons. The van der Waals surface area contributed by atoms with E-state index in [-0.39, 0.29) is 10.9 Å². The molecule has 1 aromatic heterocycles. The summed E-state index contributed by atoms with van der Waals surface area (Å²) >= 11 is 0. The van der Waals surface area contributed by atoms with E-state index >= 15 is 0 Å². The Kier molecular flexibility index (Phi) is 5.22. The lowest BCUT2D eigenvalue weighted by atomic mass is 10.2. The van der Waals surface area contributed by atoms with Crippen molar-refractivity contribution in [2.24, 2.45) is 0 Å². The minimum Gasteiger partial charge on any atom is -0.435 e. The molecule has 3 aromatic rings. The second-order valence-electron chi connectivity index (χ2n) is 5.69. The Labute approximate surface area is 154 Å². The highest BCUT2D eigenvalue weighted by molar-refractivity contribution is 7.91. The van der Waals surface area contributed by atoms with Crippen LogP contribution in [0.25, 0.3) is 5.69 Å². The fourth-order valence-electron chi connectivity index (χ4n) is 2.58. The Balaban J connectivity index is 1.94. The maximum atomic E-state index is 13.5. The van der Waals surface area contributed by atoms with Gasteiger partial charge < -0.3 is 4.74 Å². The van der Waals surface area contributed by atoms with Crippen LogP contribution in [0.1, 0.15) is 17.7 Å². The zero-order valence-electron chi connectivity index (χ0n) is 14.1. The summed E-state index contributed by atoms with van der Waals surface area (Å²) in [5, 5.41) is -1.25. The van der Waals surface area contributed by atoms with Crippen LogP contribution in [0.3, 0.4) is 0 Å². The van der Waals surface area contributed by atoms with Crippen LogP contribution >= 0.6 is 0 Å². The molecule has 0 saturated heterocycles. The van der Waals surface area contributed by atoms with Crippen molar-refractivity contribution in [3.63, 3.8) is 0 Å². The second kappa shape index (κ2) is 7.43. The minimum absolute atomic E-state index is 0.0698. The van der Waals surface area contributed by atoms with E-state index in [4.69, 9.17) is 0 Å². The Morgan fingerprint density at radius 1 is 1.11 bits per heavy atom. The fourth-order valence-corrected chi connectivity index (χ4v) is 4.06. The number of aromatic nitrogens is 2. The lowest BCUT2D eigenvalue weighted by Gasteiger charge is -2.15. The summed E-state index contributed by atoms with van der Waals surface area (Å²) in [7, 11) is -3.94. The van der Waals surface area contributed by atoms with Gasteiger partial charge in [-0.1, -0.05) is 18.2 Å². The van der Waals surface area contributed by atoms with Crippen LogP contribution in [0.4, 0.5) is 13.2 Å². The molecule has 1 unspecified atom stereocenters. The molecule has 0 spiro atoms. The molecule has 0 amide bonds. The minimum atomic E-state index is -3.94. The van der Waals surface area contributed by atoms with Gasteiger partial charge in [0.05, 0.1) is 10.9 Å². The summed E-state index contributed by atoms with van der Waals surface area (Å²) in [6, 6.07) is 10.8. The molecule has 27 heavy (non-hydrogen) atoms. The average Bonchev–Trinajstić information content (AvgIpc) is 3.12. The monoisotopic (exact) mass is 396 g/mol. The summed E-state index contributed by atoms with van der Waals surface area (Å²) in [5.74, 6) is -0.577.